The van der Waals surface area contributed by atoms with Gasteiger partial charge in [0.25, 0.3) is 0 Å². The van der Waals surface area contributed by atoms with Crippen LogP contribution in [0.3, 0.4) is 0 Å². The highest BCUT2D eigenvalue weighted by Gasteiger charge is 2.23. The van der Waals surface area contributed by atoms with Crippen LogP contribution in [0.1, 0.15) is 0 Å². The maximum atomic E-state index is 13.1. The monoisotopic (exact) mass is 411 g/mol. The van der Waals surface area contributed by atoms with E-state index in [0.717, 1.165) is 7.11 Å². The van der Waals surface area contributed by atoms with Crippen molar-refractivity contribution in [3.05, 3.63) is 12.1 Å². The number of nitrogens with zero attached hydrogens (tertiary/aromatic N) is 1. The van der Waals surface area contributed by atoms with Crippen LogP contribution in [0, 0.1) is 0 Å². The molecular weight excluding hydrogens is 405 g/mol. The molecule has 0 radical (unpaired) electrons. The van der Waals surface area contributed by atoms with Crippen molar-refractivity contribution < 1.29 is 24.5 Å². The van der Waals surface area contributed by atoms with Gasteiger partial charge in [-0.15, -0.1) is 0 Å². The lowest BCUT2D eigenvalue weighted by Crippen LogP contribution is -1.92. The number of hydrogen-bond donors (Lipinski definition) is 1. The number of halogens is 5. The number of aliphatic hydroxyl groups excluding tert-OH is 1. The highest BCUT2D eigenvalue weighted by atomic mass is 32.2. The zero-order valence-corrected chi connectivity index (χ0v) is 14.6. The molecule has 22 heavy (non-hydrogen) atoms. The standard InChI is InChI=1S/C9H2F5NS5.CH4O/c10-16-4-2-1-3-5(6(4)17-11)7(18-12)8(19-13)9(15-3)20-14;1-2/h1-2H;2H,1H3. The predicted octanol–water partition coefficient (Wildman–Crippen LogP) is 6.73. The lowest BCUT2D eigenvalue weighted by molar-refractivity contribution is 0.399. The smallest absolute Gasteiger partial charge is 0.147 e. The lowest BCUT2D eigenvalue weighted by atomic mass is 10.2. The zero-order valence-electron chi connectivity index (χ0n) is 10.5. The van der Waals surface area contributed by atoms with Gasteiger partial charge in [0.2, 0.25) is 0 Å². The van der Waals surface area contributed by atoms with Crippen LogP contribution in [-0.4, -0.2) is 17.2 Å². The van der Waals surface area contributed by atoms with Crippen LogP contribution in [0.5, 0.6) is 0 Å². The Kier molecular flexibility index (Phi) is 9.09. The normalized spacial score (nSPS) is 10.5. The minimum Gasteiger partial charge on any atom is -0.400 e. The Labute approximate surface area is 144 Å². The van der Waals surface area contributed by atoms with Crippen molar-refractivity contribution >= 4 is 71.6 Å². The first kappa shape index (κ1) is 20.0. The van der Waals surface area contributed by atoms with Gasteiger partial charge < -0.3 is 5.11 Å². The molecule has 0 bridgehead atoms. The molecule has 0 saturated heterocycles. The van der Waals surface area contributed by atoms with Gasteiger partial charge in [0.05, 0.1) is 73.7 Å². The lowest BCUT2D eigenvalue weighted by Gasteiger charge is -2.11. The van der Waals surface area contributed by atoms with Gasteiger partial charge in [-0.25, -0.2) is 4.98 Å². The summed E-state index contributed by atoms with van der Waals surface area (Å²) in [5, 5.41) is 6.56. The van der Waals surface area contributed by atoms with E-state index in [9.17, 15) is 19.4 Å². The Hall–Kier alpha value is -0.0100. The number of hydrogen-bond acceptors (Lipinski definition) is 7. The molecule has 0 saturated carbocycles. The van der Waals surface area contributed by atoms with Crippen molar-refractivity contribution in [2.75, 3.05) is 7.11 Å². The zero-order chi connectivity index (χ0) is 16.7. The molecular formula is C10H6F5NOS5. The Morgan fingerprint density at radius 2 is 1.36 bits per heavy atom. The molecule has 0 fully saturated rings. The molecule has 0 aliphatic rings. The predicted molar refractivity (Wildman–Crippen MR) is 84.7 cm³/mol. The van der Waals surface area contributed by atoms with Gasteiger partial charge in [0.1, 0.15) is 17.2 Å². The number of rotatable bonds is 5. The van der Waals surface area contributed by atoms with Gasteiger partial charge in [-0.05, 0) is 12.1 Å². The minimum absolute atomic E-state index is 0.0565. The Bertz CT molecular complexity index is 647. The van der Waals surface area contributed by atoms with Crippen molar-refractivity contribution in [2.45, 2.75) is 24.6 Å². The molecule has 0 aliphatic carbocycles. The van der Waals surface area contributed by atoms with E-state index in [1.165, 1.54) is 12.1 Å². The van der Waals surface area contributed by atoms with Gasteiger partial charge in [0, 0.05) is 12.5 Å². The Morgan fingerprint density at radius 1 is 0.773 bits per heavy atom. The van der Waals surface area contributed by atoms with Gasteiger partial charge in [-0.1, -0.05) is 0 Å². The molecule has 1 heterocycles. The van der Waals surface area contributed by atoms with E-state index in [0.29, 0.717) is 0 Å². The molecule has 0 unspecified atom stereocenters. The van der Waals surface area contributed by atoms with Gasteiger partial charge in [0.15, 0.2) is 0 Å². The molecule has 1 aromatic carbocycles. The average molecular weight is 411 g/mol. The van der Waals surface area contributed by atoms with Crippen molar-refractivity contribution in [3.63, 3.8) is 0 Å². The largest absolute Gasteiger partial charge is 0.400 e. The summed E-state index contributed by atoms with van der Waals surface area (Å²) in [6, 6.07) is 2.53. The number of fused-ring (bicyclic) bond motifs is 1. The van der Waals surface area contributed by atoms with E-state index in [-0.39, 0.29) is 79.2 Å². The first-order valence-corrected chi connectivity index (χ1v) is 8.68. The van der Waals surface area contributed by atoms with E-state index in [4.69, 9.17) is 5.11 Å². The van der Waals surface area contributed by atoms with Crippen molar-refractivity contribution in [3.8, 4) is 0 Å². The van der Waals surface area contributed by atoms with Gasteiger partial charge >= 0.3 is 0 Å². The summed E-state index contributed by atoms with van der Waals surface area (Å²) >= 11 is -1.63. The van der Waals surface area contributed by atoms with Crippen molar-refractivity contribution in [1.29, 1.82) is 0 Å². The van der Waals surface area contributed by atoms with Crippen LogP contribution in [0.4, 0.5) is 19.4 Å². The van der Waals surface area contributed by atoms with E-state index >= 15 is 0 Å². The molecule has 122 valence electrons. The maximum absolute atomic E-state index is 13.1. The molecule has 0 amide bonds. The van der Waals surface area contributed by atoms with E-state index in [1.807, 2.05) is 0 Å². The molecule has 12 heteroatoms. The van der Waals surface area contributed by atoms with Crippen LogP contribution >= 0.6 is 60.7 Å². The molecule has 2 nitrogen and oxygen atoms in total. The second-order valence-electron chi connectivity index (χ2n) is 3.25. The number of pyridine rings is 1. The molecule has 2 rings (SSSR count). The van der Waals surface area contributed by atoms with Crippen LogP contribution in [0.25, 0.3) is 10.9 Å². The quantitative estimate of drug-likeness (QED) is 0.546. The summed E-state index contributed by atoms with van der Waals surface area (Å²) in [4.78, 5) is 2.78. The van der Waals surface area contributed by atoms with Crippen molar-refractivity contribution in [2.24, 2.45) is 0 Å². The highest BCUT2D eigenvalue weighted by Crippen LogP contribution is 2.48. The summed E-state index contributed by atoms with van der Waals surface area (Å²) in [5.41, 5.74) is 0.0565. The molecule has 0 aliphatic heterocycles. The summed E-state index contributed by atoms with van der Waals surface area (Å²) in [5.74, 6) is 0. The van der Waals surface area contributed by atoms with Crippen LogP contribution in [-0.2, 0) is 0 Å². The molecule has 1 N–H and O–H groups in total. The second-order valence-corrected chi connectivity index (χ2v) is 6.07. The molecule has 2 aromatic rings. The Morgan fingerprint density at radius 3 is 1.82 bits per heavy atom. The van der Waals surface area contributed by atoms with E-state index < -0.39 is 17.0 Å². The molecule has 0 atom stereocenters. The Balaban J connectivity index is 0.00000116. The topological polar surface area (TPSA) is 33.1 Å². The third-order valence-electron chi connectivity index (χ3n) is 2.34. The number of aliphatic hydroxyl groups is 1. The third kappa shape index (κ3) is 3.90. The highest BCUT2D eigenvalue weighted by molar-refractivity contribution is 7.99. The fourth-order valence-corrected chi connectivity index (χ4v) is 4.02. The molecule has 1 aromatic heterocycles. The third-order valence-corrected chi connectivity index (χ3v) is 5.37. The maximum Gasteiger partial charge on any atom is 0.147 e. The number of aromatic nitrogens is 1. The molecule has 0 spiro atoms. The SMILES string of the molecule is CO.FSc1ccc2nc(SF)c(SF)c(SF)c2c1SF. The van der Waals surface area contributed by atoms with Gasteiger partial charge in [-0.3, -0.25) is 0 Å². The minimum atomic E-state index is -0.398. The number of benzene rings is 1. The fourth-order valence-electron chi connectivity index (χ4n) is 1.57. The summed E-state index contributed by atoms with van der Waals surface area (Å²) in [6.07, 6.45) is 0. The first-order chi connectivity index (χ1) is 10.7. The first-order valence-electron chi connectivity index (χ1n) is 5.10. The van der Waals surface area contributed by atoms with Crippen LogP contribution < -0.4 is 0 Å². The van der Waals surface area contributed by atoms with Gasteiger partial charge in [-0.2, -0.15) is 19.4 Å². The second kappa shape index (κ2) is 9.98. The van der Waals surface area contributed by atoms with Crippen molar-refractivity contribution in [1.82, 2.24) is 4.98 Å². The summed E-state index contributed by atoms with van der Waals surface area (Å²) < 4.78 is 64.5. The van der Waals surface area contributed by atoms with E-state index in [2.05, 4.69) is 4.98 Å². The van der Waals surface area contributed by atoms with E-state index in [1.54, 1.807) is 0 Å². The fraction of sp³-hybridized carbons (Fsp3) is 0.100. The summed E-state index contributed by atoms with van der Waals surface area (Å²) in [7, 11) is 1.00. The summed E-state index contributed by atoms with van der Waals surface area (Å²) in [6.45, 7) is 0. The van der Waals surface area contributed by atoms with Crippen LogP contribution in [0.2, 0.25) is 0 Å². The van der Waals surface area contributed by atoms with Crippen LogP contribution in [0.15, 0.2) is 36.7 Å². The average Bonchev–Trinajstić information content (AvgIpc) is 2.60.